The fourth-order valence-corrected chi connectivity index (χ4v) is 1.39. The highest BCUT2D eigenvalue weighted by atomic mass is 32.2. The van der Waals surface area contributed by atoms with E-state index < -0.39 is 0 Å². The first-order valence-corrected chi connectivity index (χ1v) is 3.79. The molecule has 0 amide bonds. The highest BCUT2D eigenvalue weighted by Gasteiger charge is 2.02. The Morgan fingerprint density at radius 1 is 1.60 bits per heavy atom. The Bertz CT molecular complexity index is 243. The summed E-state index contributed by atoms with van der Waals surface area (Å²) in [4.78, 5) is 5.14. The fourth-order valence-electron chi connectivity index (χ4n) is 0.777. The average Bonchev–Trinajstić information content (AvgIpc) is 2.05. The van der Waals surface area contributed by atoms with Crippen molar-refractivity contribution in [1.29, 1.82) is 0 Å². The number of hydrogen-bond donors (Lipinski definition) is 1. The summed E-state index contributed by atoms with van der Waals surface area (Å²) in [6.07, 6.45) is 6.50. The minimum absolute atomic E-state index is 1.09. The molecule has 0 saturated carbocycles. The smallest absolute Gasteiger partial charge is 0.0696 e. The number of rotatable bonds is 0. The minimum Gasteiger partial charge on any atom is -0.352 e. The fraction of sp³-hybridized carbons (Fsp3) is 0. The zero-order valence-electron chi connectivity index (χ0n) is 5.16. The lowest BCUT2D eigenvalue weighted by atomic mass is 10.4. The van der Waals surface area contributed by atoms with Crippen LogP contribution in [0.3, 0.4) is 0 Å². The van der Waals surface area contributed by atoms with Crippen molar-refractivity contribution in [2.24, 2.45) is 0 Å². The largest absolute Gasteiger partial charge is 0.352 e. The zero-order chi connectivity index (χ0) is 6.81. The third kappa shape index (κ3) is 0.885. The first-order chi connectivity index (χ1) is 4.97. The van der Waals surface area contributed by atoms with Gasteiger partial charge >= 0.3 is 0 Å². The van der Waals surface area contributed by atoms with Crippen LogP contribution in [0, 0.1) is 6.20 Å². The Balaban J connectivity index is 2.47. The molecule has 2 nitrogen and oxygen atoms in total. The molecule has 49 valence electrons. The van der Waals surface area contributed by atoms with Gasteiger partial charge in [0.15, 0.2) is 0 Å². The molecule has 3 heteroatoms. The molecule has 0 saturated heterocycles. The second-order valence-corrected chi connectivity index (χ2v) is 2.79. The standard InChI is InChI=1S/C7H5N2S/c1-2-8-5-7-6(1)9-3-4-10-7/h1-2,4-5,9H. The van der Waals surface area contributed by atoms with Gasteiger partial charge in [-0.25, -0.2) is 0 Å². The van der Waals surface area contributed by atoms with Crippen LogP contribution in [0.1, 0.15) is 0 Å². The van der Waals surface area contributed by atoms with Gasteiger partial charge in [-0.2, -0.15) is 0 Å². The molecule has 1 aliphatic rings. The van der Waals surface area contributed by atoms with Gasteiger partial charge in [-0.05, 0) is 6.07 Å². The third-order valence-corrected chi connectivity index (χ3v) is 2.05. The van der Waals surface area contributed by atoms with Crippen LogP contribution in [0.25, 0.3) is 0 Å². The number of nitrogens with zero attached hydrogens (tertiary/aromatic N) is 1. The van der Waals surface area contributed by atoms with E-state index in [0.29, 0.717) is 0 Å². The Kier molecular flexibility index (Phi) is 1.36. The summed E-state index contributed by atoms with van der Waals surface area (Å²) in [5, 5.41) is 4.88. The van der Waals surface area contributed by atoms with Crippen LogP contribution in [-0.4, -0.2) is 4.98 Å². The Morgan fingerprint density at radius 2 is 2.60 bits per heavy atom. The van der Waals surface area contributed by atoms with Gasteiger partial charge in [0.2, 0.25) is 0 Å². The predicted molar refractivity (Wildman–Crippen MR) is 41.5 cm³/mol. The third-order valence-electron chi connectivity index (χ3n) is 1.24. The molecule has 1 aromatic rings. The Morgan fingerprint density at radius 3 is 3.50 bits per heavy atom. The number of anilines is 1. The maximum atomic E-state index is 3.99. The highest BCUT2D eigenvalue weighted by Crippen LogP contribution is 2.29. The van der Waals surface area contributed by atoms with E-state index in [9.17, 15) is 0 Å². The molecule has 1 aromatic heterocycles. The first-order valence-electron chi connectivity index (χ1n) is 2.91. The summed E-state index contributed by atoms with van der Waals surface area (Å²) in [5.74, 6) is 0. The van der Waals surface area contributed by atoms with Crippen molar-refractivity contribution in [2.45, 2.75) is 4.90 Å². The van der Waals surface area contributed by atoms with E-state index in [4.69, 9.17) is 0 Å². The van der Waals surface area contributed by atoms with Crippen LogP contribution in [0.15, 0.2) is 28.8 Å². The van der Waals surface area contributed by atoms with E-state index in [2.05, 4.69) is 16.5 Å². The highest BCUT2D eigenvalue weighted by molar-refractivity contribution is 8.02. The summed E-state index contributed by atoms with van der Waals surface area (Å²) in [5.41, 5.74) is 1.09. The molecule has 2 heterocycles. The van der Waals surface area contributed by atoms with Crippen molar-refractivity contribution in [3.05, 3.63) is 30.1 Å². The number of thioether (sulfide) groups is 1. The van der Waals surface area contributed by atoms with Crippen LogP contribution >= 0.6 is 11.8 Å². The van der Waals surface area contributed by atoms with Crippen molar-refractivity contribution in [3.8, 4) is 0 Å². The molecule has 0 aliphatic carbocycles. The summed E-state index contributed by atoms with van der Waals surface area (Å²) in [6, 6.07) is 1.93. The van der Waals surface area contributed by atoms with Gasteiger partial charge in [-0.15, -0.1) is 0 Å². The lowest BCUT2D eigenvalue weighted by molar-refractivity contribution is 1.23. The van der Waals surface area contributed by atoms with Gasteiger partial charge in [0.1, 0.15) is 0 Å². The summed E-state index contributed by atoms with van der Waals surface area (Å²) < 4.78 is 0. The monoisotopic (exact) mass is 149 g/mol. The van der Waals surface area contributed by atoms with E-state index in [1.807, 2.05) is 17.7 Å². The maximum Gasteiger partial charge on any atom is 0.0696 e. The van der Waals surface area contributed by atoms with E-state index in [1.165, 1.54) is 0 Å². The van der Waals surface area contributed by atoms with E-state index in [1.54, 1.807) is 18.0 Å². The van der Waals surface area contributed by atoms with Crippen molar-refractivity contribution < 1.29 is 0 Å². The second kappa shape index (κ2) is 2.34. The van der Waals surface area contributed by atoms with Crippen LogP contribution in [-0.2, 0) is 0 Å². The molecule has 0 fully saturated rings. The normalized spacial score (nSPS) is 14.0. The van der Waals surface area contributed by atoms with Gasteiger partial charge in [-0.3, -0.25) is 4.98 Å². The Hall–Kier alpha value is -0.960. The van der Waals surface area contributed by atoms with Crippen LogP contribution in [0.5, 0.6) is 0 Å². The number of fused-ring (bicyclic) bond motifs is 1. The molecule has 2 rings (SSSR count). The quantitative estimate of drug-likeness (QED) is 0.609. The molecule has 0 unspecified atom stereocenters. The number of nitrogens with one attached hydrogen (secondary N) is 1. The van der Waals surface area contributed by atoms with Crippen LogP contribution in [0.4, 0.5) is 5.69 Å². The van der Waals surface area contributed by atoms with Gasteiger partial charge in [0.25, 0.3) is 0 Å². The molecular weight excluding hydrogens is 144 g/mol. The van der Waals surface area contributed by atoms with Crippen molar-refractivity contribution in [1.82, 2.24) is 4.98 Å². The second-order valence-electron chi connectivity index (χ2n) is 1.88. The van der Waals surface area contributed by atoms with Crippen LogP contribution in [0.2, 0.25) is 0 Å². The summed E-state index contributed by atoms with van der Waals surface area (Å²) in [6.45, 7) is 0. The number of pyridine rings is 1. The predicted octanol–water partition coefficient (Wildman–Crippen LogP) is 1.87. The average molecular weight is 149 g/mol. The zero-order valence-corrected chi connectivity index (χ0v) is 5.98. The van der Waals surface area contributed by atoms with Crippen molar-refractivity contribution in [2.75, 3.05) is 5.32 Å². The lowest BCUT2D eigenvalue weighted by Crippen LogP contribution is -1.93. The van der Waals surface area contributed by atoms with Crippen molar-refractivity contribution in [3.63, 3.8) is 0 Å². The molecular formula is C7H5N2S. The molecule has 1 aliphatic heterocycles. The van der Waals surface area contributed by atoms with Gasteiger partial charge in [0, 0.05) is 17.8 Å². The van der Waals surface area contributed by atoms with E-state index in [-0.39, 0.29) is 0 Å². The van der Waals surface area contributed by atoms with Crippen molar-refractivity contribution >= 4 is 17.4 Å². The molecule has 0 aromatic carbocycles. The molecule has 1 N–H and O–H groups in total. The number of hydrogen-bond acceptors (Lipinski definition) is 3. The molecule has 0 spiro atoms. The lowest BCUT2D eigenvalue weighted by Gasteiger charge is -2.08. The minimum atomic E-state index is 1.09. The molecule has 0 atom stereocenters. The molecule has 0 bridgehead atoms. The van der Waals surface area contributed by atoms with E-state index in [0.717, 1.165) is 10.6 Å². The molecule has 10 heavy (non-hydrogen) atoms. The van der Waals surface area contributed by atoms with Crippen LogP contribution < -0.4 is 5.32 Å². The SMILES string of the molecule is [C]1=CSc2cnccc2N1. The number of aromatic nitrogens is 1. The van der Waals surface area contributed by atoms with E-state index >= 15 is 0 Å². The summed E-state index contributed by atoms with van der Waals surface area (Å²) >= 11 is 1.63. The van der Waals surface area contributed by atoms with Gasteiger partial charge in [0.05, 0.1) is 16.8 Å². The Labute approximate surface area is 63.4 Å². The first kappa shape index (κ1) is 5.80. The van der Waals surface area contributed by atoms with Gasteiger partial charge in [-0.1, -0.05) is 11.8 Å². The summed E-state index contributed by atoms with van der Waals surface area (Å²) in [7, 11) is 0. The maximum absolute atomic E-state index is 3.99. The van der Waals surface area contributed by atoms with Gasteiger partial charge < -0.3 is 5.32 Å². The molecule has 1 radical (unpaired) electrons. The topological polar surface area (TPSA) is 24.9 Å².